The number of carbonyl (C=O) groups excluding carboxylic acids is 2. The summed E-state index contributed by atoms with van der Waals surface area (Å²) in [5.74, 6) is 0.385. The number of likely N-dealkylation sites (tertiary alicyclic amines) is 1. The van der Waals surface area contributed by atoms with Gasteiger partial charge in [0.2, 0.25) is 29.4 Å². The number of aromatic nitrogens is 4. The lowest BCUT2D eigenvalue weighted by Gasteiger charge is -2.31. The third-order valence-electron chi connectivity index (χ3n) is 4.06. The molecule has 10 nitrogen and oxygen atoms in total. The molecule has 26 heavy (non-hydrogen) atoms. The van der Waals surface area contributed by atoms with Gasteiger partial charge in [-0.15, -0.1) is 0 Å². The van der Waals surface area contributed by atoms with Crippen molar-refractivity contribution in [3.63, 3.8) is 0 Å². The highest BCUT2D eigenvalue weighted by Crippen LogP contribution is 2.17. The molecule has 0 aliphatic carbocycles. The van der Waals surface area contributed by atoms with Crippen LogP contribution in [0.25, 0.3) is 11.6 Å². The van der Waals surface area contributed by atoms with E-state index >= 15 is 0 Å². The number of piperidine rings is 1. The van der Waals surface area contributed by atoms with Crippen molar-refractivity contribution in [1.82, 2.24) is 30.3 Å². The Morgan fingerprint density at radius 2 is 2.15 bits per heavy atom. The van der Waals surface area contributed by atoms with Crippen molar-refractivity contribution in [2.75, 3.05) is 26.8 Å². The van der Waals surface area contributed by atoms with E-state index in [1.54, 1.807) is 23.4 Å². The number of rotatable bonds is 6. The minimum Gasteiger partial charge on any atom is -0.375 e. The third-order valence-corrected chi connectivity index (χ3v) is 4.06. The van der Waals surface area contributed by atoms with Crippen molar-refractivity contribution in [3.8, 4) is 11.6 Å². The van der Waals surface area contributed by atoms with Crippen LogP contribution in [0, 0.1) is 5.92 Å². The third kappa shape index (κ3) is 4.39. The molecular formula is C16H20N6O4. The highest BCUT2D eigenvalue weighted by molar-refractivity contribution is 5.81. The Bertz CT molecular complexity index is 750. The Kier molecular flexibility index (Phi) is 5.84. The van der Waals surface area contributed by atoms with E-state index in [0.717, 1.165) is 12.8 Å². The lowest BCUT2D eigenvalue weighted by atomic mass is 9.97. The molecule has 1 N–H and O–H groups in total. The van der Waals surface area contributed by atoms with Crippen molar-refractivity contribution in [2.24, 2.45) is 5.92 Å². The molecule has 0 bridgehead atoms. The van der Waals surface area contributed by atoms with Gasteiger partial charge in [-0.1, -0.05) is 5.16 Å². The molecule has 3 heterocycles. The Hall–Kier alpha value is -2.88. The summed E-state index contributed by atoms with van der Waals surface area (Å²) >= 11 is 0. The zero-order chi connectivity index (χ0) is 18.4. The van der Waals surface area contributed by atoms with E-state index in [-0.39, 0.29) is 42.6 Å². The summed E-state index contributed by atoms with van der Waals surface area (Å²) in [5, 5.41) is 6.58. The molecule has 10 heteroatoms. The predicted molar refractivity (Wildman–Crippen MR) is 88.4 cm³/mol. The van der Waals surface area contributed by atoms with Gasteiger partial charge in [-0.25, -0.2) is 9.97 Å². The number of nitrogens with zero attached hydrogens (tertiary/aromatic N) is 5. The predicted octanol–water partition coefficient (Wildman–Crippen LogP) is 0.0278. The number of methoxy groups -OCH3 is 1. The van der Waals surface area contributed by atoms with Crippen LogP contribution in [0.2, 0.25) is 0 Å². The summed E-state index contributed by atoms with van der Waals surface area (Å²) in [6.45, 7) is 1.18. The van der Waals surface area contributed by atoms with Crippen LogP contribution in [0.15, 0.2) is 23.0 Å². The summed E-state index contributed by atoms with van der Waals surface area (Å²) in [5.41, 5.74) is 0. The molecule has 1 atom stereocenters. The van der Waals surface area contributed by atoms with Gasteiger partial charge in [0.1, 0.15) is 6.61 Å². The second-order valence-electron chi connectivity index (χ2n) is 5.91. The van der Waals surface area contributed by atoms with Gasteiger partial charge in [-0.3, -0.25) is 9.59 Å². The first-order valence-corrected chi connectivity index (χ1v) is 8.31. The van der Waals surface area contributed by atoms with Gasteiger partial charge in [-0.2, -0.15) is 4.98 Å². The van der Waals surface area contributed by atoms with Gasteiger partial charge in [0.15, 0.2) is 0 Å². The van der Waals surface area contributed by atoms with Crippen LogP contribution in [-0.2, 0) is 20.9 Å². The summed E-state index contributed by atoms with van der Waals surface area (Å²) in [4.78, 5) is 38.2. The monoisotopic (exact) mass is 360 g/mol. The van der Waals surface area contributed by atoms with Crippen LogP contribution < -0.4 is 5.32 Å². The van der Waals surface area contributed by atoms with Crippen LogP contribution in [0.5, 0.6) is 0 Å². The van der Waals surface area contributed by atoms with Gasteiger partial charge >= 0.3 is 0 Å². The summed E-state index contributed by atoms with van der Waals surface area (Å²) < 4.78 is 9.98. The molecule has 1 aliphatic rings. The molecule has 1 aliphatic heterocycles. The highest BCUT2D eigenvalue weighted by Gasteiger charge is 2.28. The molecule has 1 fully saturated rings. The zero-order valence-corrected chi connectivity index (χ0v) is 14.4. The van der Waals surface area contributed by atoms with E-state index in [1.165, 1.54) is 7.11 Å². The maximum absolute atomic E-state index is 12.4. The topological polar surface area (TPSA) is 123 Å². The van der Waals surface area contributed by atoms with Gasteiger partial charge in [0, 0.05) is 32.6 Å². The smallest absolute Gasteiger partial charge is 0.248 e. The zero-order valence-electron chi connectivity index (χ0n) is 14.4. The van der Waals surface area contributed by atoms with Crippen LogP contribution in [0.3, 0.4) is 0 Å². The number of hydrogen-bond donors (Lipinski definition) is 1. The normalized spacial score (nSPS) is 17.1. The van der Waals surface area contributed by atoms with Crippen molar-refractivity contribution in [3.05, 3.63) is 24.4 Å². The summed E-state index contributed by atoms with van der Waals surface area (Å²) in [7, 11) is 1.48. The molecule has 0 aromatic carbocycles. The van der Waals surface area contributed by atoms with Crippen molar-refractivity contribution < 1.29 is 18.8 Å². The van der Waals surface area contributed by atoms with Crippen LogP contribution in [-0.4, -0.2) is 63.6 Å². The van der Waals surface area contributed by atoms with E-state index < -0.39 is 0 Å². The molecule has 3 rings (SSSR count). The van der Waals surface area contributed by atoms with E-state index in [1.807, 2.05) is 0 Å². The summed E-state index contributed by atoms with van der Waals surface area (Å²) in [6.07, 6.45) is 4.68. The Morgan fingerprint density at radius 3 is 2.92 bits per heavy atom. The molecule has 1 saturated heterocycles. The second kappa shape index (κ2) is 8.48. The molecule has 0 saturated carbocycles. The fourth-order valence-corrected chi connectivity index (χ4v) is 2.77. The van der Waals surface area contributed by atoms with Gasteiger partial charge < -0.3 is 19.5 Å². The summed E-state index contributed by atoms with van der Waals surface area (Å²) in [6, 6.07) is 1.69. The average Bonchev–Trinajstić information content (AvgIpc) is 3.16. The van der Waals surface area contributed by atoms with E-state index in [2.05, 4.69) is 25.4 Å². The molecule has 0 spiro atoms. The van der Waals surface area contributed by atoms with E-state index in [9.17, 15) is 9.59 Å². The van der Waals surface area contributed by atoms with Crippen LogP contribution in [0.4, 0.5) is 0 Å². The quantitative estimate of drug-likeness (QED) is 0.765. The van der Waals surface area contributed by atoms with Crippen LogP contribution >= 0.6 is 0 Å². The largest absolute Gasteiger partial charge is 0.375 e. The molecule has 1 unspecified atom stereocenters. The molecule has 0 radical (unpaired) electrons. The number of amides is 2. The minimum absolute atomic E-state index is 0.0284. The Labute approximate surface area is 150 Å². The first kappa shape index (κ1) is 17.9. The van der Waals surface area contributed by atoms with E-state index in [4.69, 9.17) is 9.26 Å². The number of ether oxygens (including phenoxy) is 1. The molecule has 2 aromatic heterocycles. The Balaban J connectivity index is 1.52. The van der Waals surface area contributed by atoms with Crippen LogP contribution in [0.1, 0.15) is 18.7 Å². The molecule has 2 amide bonds. The average molecular weight is 360 g/mol. The van der Waals surface area contributed by atoms with Crippen molar-refractivity contribution in [2.45, 2.75) is 19.4 Å². The SMILES string of the molecule is COCC(=O)N1CCCC(C(=O)NCc2nc(-c3ncccn3)no2)C1. The second-order valence-corrected chi connectivity index (χ2v) is 5.91. The number of nitrogens with one attached hydrogen (secondary N) is 1. The van der Waals surface area contributed by atoms with Gasteiger partial charge in [0.25, 0.3) is 0 Å². The molecule has 2 aromatic rings. The van der Waals surface area contributed by atoms with Crippen molar-refractivity contribution in [1.29, 1.82) is 0 Å². The maximum atomic E-state index is 12.4. The highest BCUT2D eigenvalue weighted by atomic mass is 16.5. The number of hydrogen-bond acceptors (Lipinski definition) is 8. The first-order chi connectivity index (χ1) is 12.7. The van der Waals surface area contributed by atoms with Gasteiger partial charge in [0.05, 0.1) is 12.5 Å². The molecule has 138 valence electrons. The maximum Gasteiger partial charge on any atom is 0.248 e. The fourth-order valence-electron chi connectivity index (χ4n) is 2.77. The molecular weight excluding hydrogens is 340 g/mol. The lowest BCUT2D eigenvalue weighted by Crippen LogP contribution is -2.46. The Morgan fingerprint density at radius 1 is 1.35 bits per heavy atom. The lowest BCUT2D eigenvalue weighted by molar-refractivity contribution is -0.139. The minimum atomic E-state index is -0.260. The van der Waals surface area contributed by atoms with Gasteiger partial charge in [-0.05, 0) is 18.9 Å². The number of carbonyl (C=O) groups is 2. The first-order valence-electron chi connectivity index (χ1n) is 8.31. The van der Waals surface area contributed by atoms with E-state index in [0.29, 0.717) is 18.9 Å². The standard InChI is InChI=1S/C16H20N6O4/c1-25-10-13(23)22-7-2-4-11(9-22)16(24)19-8-12-20-15(21-26-12)14-17-5-3-6-18-14/h3,5-6,11H,2,4,7-10H2,1H3,(H,19,24). The fraction of sp³-hybridized carbons (Fsp3) is 0.500. The van der Waals surface area contributed by atoms with Crippen molar-refractivity contribution >= 4 is 11.8 Å².